The van der Waals surface area contributed by atoms with E-state index in [1.54, 1.807) is 0 Å². The Morgan fingerprint density at radius 3 is 2.59 bits per heavy atom. The number of benzene rings is 1. The van der Waals surface area contributed by atoms with Crippen LogP contribution in [-0.2, 0) is 5.60 Å². The molecule has 17 heavy (non-hydrogen) atoms. The fourth-order valence-corrected chi connectivity index (χ4v) is 2.09. The van der Waals surface area contributed by atoms with Crippen molar-refractivity contribution in [1.82, 2.24) is 5.32 Å². The highest BCUT2D eigenvalue weighted by atomic mass is 35.5. The quantitative estimate of drug-likeness (QED) is 0.766. The second-order valence-electron chi connectivity index (χ2n) is 5.10. The van der Waals surface area contributed by atoms with Gasteiger partial charge >= 0.3 is 0 Å². The van der Waals surface area contributed by atoms with Gasteiger partial charge in [0.2, 0.25) is 0 Å². The Labute approximate surface area is 109 Å². The number of halogens is 1. The maximum absolute atomic E-state index is 10.4. The van der Waals surface area contributed by atoms with E-state index in [2.05, 4.69) is 19.2 Å². The van der Waals surface area contributed by atoms with Crippen LogP contribution in [0, 0.1) is 5.92 Å². The molecule has 0 bridgehead atoms. The number of hydrogen-bond acceptors (Lipinski definition) is 2. The molecule has 0 aromatic heterocycles. The van der Waals surface area contributed by atoms with E-state index in [9.17, 15) is 5.11 Å². The lowest BCUT2D eigenvalue weighted by Gasteiger charge is -2.25. The van der Waals surface area contributed by atoms with E-state index in [1.807, 2.05) is 31.2 Å². The van der Waals surface area contributed by atoms with Crippen LogP contribution in [0.25, 0.3) is 0 Å². The van der Waals surface area contributed by atoms with Crippen molar-refractivity contribution in [3.8, 4) is 0 Å². The molecule has 1 aromatic rings. The Bertz CT molecular complexity index is 350. The average Bonchev–Trinajstić information content (AvgIpc) is 2.24. The fraction of sp³-hybridized carbons (Fsp3) is 0.571. The second-order valence-corrected chi connectivity index (χ2v) is 5.51. The van der Waals surface area contributed by atoms with Gasteiger partial charge in [-0.1, -0.05) is 43.6 Å². The highest BCUT2D eigenvalue weighted by molar-refractivity contribution is 6.31. The molecule has 1 aromatic carbocycles. The zero-order valence-electron chi connectivity index (χ0n) is 10.8. The van der Waals surface area contributed by atoms with Crippen molar-refractivity contribution >= 4 is 11.6 Å². The fourth-order valence-electron chi connectivity index (χ4n) is 1.76. The highest BCUT2D eigenvalue weighted by Crippen LogP contribution is 2.29. The molecule has 2 nitrogen and oxygen atoms in total. The van der Waals surface area contributed by atoms with Gasteiger partial charge in [-0.05, 0) is 38.4 Å². The molecular formula is C14H22ClNO. The van der Waals surface area contributed by atoms with Gasteiger partial charge in [0.25, 0.3) is 0 Å². The van der Waals surface area contributed by atoms with Crippen molar-refractivity contribution in [2.45, 2.75) is 32.8 Å². The molecule has 0 heterocycles. The topological polar surface area (TPSA) is 32.3 Å². The van der Waals surface area contributed by atoms with E-state index >= 15 is 0 Å². The summed E-state index contributed by atoms with van der Waals surface area (Å²) in [5.41, 5.74) is -0.0736. The van der Waals surface area contributed by atoms with Crippen molar-refractivity contribution < 1.29 is 5.11 Å². The molecule has 0 aliphatic rings. The van der Waals surface area contributed by atoms with Gasteiger partial charge in [-0.15, -0.1) is 0 Å². The first-order chi connectivity index (χ1) is 7.93. The zero-order chi connectivity index (χ0) is 12.9. The molecule has 0 saturated heterocycles. The molecule has 96 valence electrons. The largest absolute Gasteiger partial charge is 0.385 e. The maximum Gasteiger partial charge on any atom is 0.0895 e. The summed E-state index contributed by atoms with van der Waals surface area (Å²) < 4.78 is 0. The monoisotopic (exact) mass is 255 g/mol. The van der Waals surface area contributed by atoms with Crippen LogP contribution in [0.15, 0.2) is 24.3 Å². The summed E-state index contributed by atoms with van der Waals surface area (Å²) in [7, 11) is 0. The van der Waals surface area contributed by atoms with Crippen LogP contribution < -0.4 is 5.32 Å². The summed E-state index contributed by atoms with van der Waals surface area (Å²) in [6.45, 7) is 7.90. The van der Waals surface area contributed by atoms with Gasteiger partial charge in [0.05, 0.1) is 5.60 Å². The van der Waals surface area contributed by atoms with Gasteiger partial charge in [0, 0.05) is 10.6 Å². The molecule has 1 atom stereocenters. The number of hydrogen-bond donors (Lipinski definition) is 2. The molecule has 0 fully saturated rings. The van der Waals surface area contributed by atoms with Crippen LogP contribution >= 0.6 is 11.6 Å². The molecule has 0 spiro atoms. The van der Waals surface area contributed by atoms with Crippen LogP contribution in [0.3, 0.4) is 0 Å². The van der Waals surface area contributed by atoms with Crippen LogP contribution in [0.5, 0.6) is 0 Å². The van der Waals surface area contributed by atoms with E-state index in [1.165, 1.54) is 0 Å². The molecule has 0 saturated carbocycles. The third-order valence-corrected chi connectivity index (χ3v) is 3.12. The highest BCUT2D eigenvalue weighted by Gasteiger charge is 2.24. The first kappa shape index (κ1) is 14.5. The molecule has 3 heteroatoms. The van der Waals surface area contributed by atoms with Crippen molar-refractivity contribution in [1.29, 1.82) is 0 Å². The third kappa shape index (κ3) is 4.66. The van der Waals surface area contributed by atoms with Crippen LogP contribution in [0.1, 0.15) is 32.8 Å². The lowest BCUT2D eigenvalue weighted by molar-refractivity contribution is 0.0479. The van der Waals surface area contributed by atoms with Gasteiger partial charge in [0.1, 0.15) is 0 Å². The summed E-state index contributed by atoms with van der Waals surface area (Å²) in [6.07, 6.45) is 0.656. The van der Waals surface area contributed by atoms with Gasteiger partial charge in [0.15, 0.2) is 0 Å². The predicted octanol–water partition coefficient (Wildman–Crippen LogP) is 3.18. The van der Waals surface area contributed by atoms with E-state index < -0.39 is 5.60 Å². The maximum atomic E-state index is 10.4. The van der Waals surface area contributed by atoms with E-state index in [4.69, 9.17) is 11.6 Å². The molecule has 0 radical (unpaired) electrons. The molecule has 1 rings (SSSR count). The summed E-state index contributed by atoms with van der Waals surface area (Å²) in [4.78, 5) is 0. The van der Waals surface area contributed by atoms with Gasteiger partial charge in [-0.25, -0.2) is 0 Å². The Hall–Kier alpha value is -0.570. The minimum atomic E-state index is -0.873. The summed E-state index contributed by atoms with van der Waals surface area (Å²) in [5.74, 6) is 0.625. The molecule has 0 amide bonds. The number of rotatable bonds is 6. The minimum absolute atomic E-state index is 0.625. The summed E-state index contributed by atoms with van der Waals surface area (Å²) >= 11 is 6.09. The number of nitrogens with one attached hydrogen (secondary N) is 1. The molecule has 0 aliphatic carbocycles. The van der Waals surface area contributed by atoms with E-state index in [0.717, 1.165) is 18.7 Å². The number of aliphatic hydroxyl groups is 1. The molecule has 0 aliphatic heterocycles. The van der Waals surface area contributed by atoms with E-state index in [-0.39, 0.29) is 0 Å². The van der Waals surface area contributed by atoms with Crippen molar-refractivity contribution in [2.24, 2.45) is 5.92 Å². The van der Waals surface area contributed by atoms with Crippen LogP contribution in [0.4, 0.5) is 0 Å². The van der Waals surface area contributed by atoms with E-state index in [0.29, 0.717) is 17.4 Å². The zero-order valence-corrected chi connectivity index (χ0v) is 11.6. The Morgan fingerprint density at radius 2 is 2.00 bits per heavy atom. The van der Waals surface area contributed by atoms with Crippen LogP contribution in [-0.4, -0.2) is 18.2 Å². The Kier molecular flexibility index (Phi) is 5.44. The van der Waals surface area contributed by atoms with Crippen molar-refractivity contribution in [3.05, 3.63) is 34.9 Å². The second kappa shape index (κ2) is 6.39. The molecular weight excluding hydrogens is 234 g/mol. The molecule has 2 N–H and O–H groups in total. The Balaban J connectivity index is 2.54. The van der Waals surface area contributed by atoms with Crippen LogP contribution in [0.2, 0.25) is 5.02 Å². The minimum Gasteiger partial charge on any atom is -0.385 e. The Morgan fingerprint density at radius 1 is 1.35 bits per heavy atom. The SMILES string of the molecule is CC(C)CNCCC(C)(O)c1ccccc1Cl. The van der Waals surface area contributed by atoms with Crippen molar-refractivity contribution in [3.63, 3.8) is 0 Å². The normalized spacial score (nSPS) is 14.9. The molecule has 1 unspecified atom stereocenters. The lowest BCUT2D eigenvalue weighted by atomic mass is 9.92. The first-order valence-corrected chi connectivity index (χ1v) is 6.49. The summed E-state index contributed by atoms with van der Waals surface area (Å²) in [5, 5.41) is 14.4. The third-order valence-electron chi connectivity index (χ3n) is 2.80. The standard InChI is InChI=1S/C14H22ClNO/c1-11(2)10-16-9-8-14(3,17)12-6-4-5-7-13(12)15/h4-7,11,16-17H,8-10H2,1-3H3. The smallest absolute Gasteiger partial charge is 0.0895 e. The van der Waals surface area contributed by atoms with Gasteiger partial charge in [-0.3, -0.25) is 0 Å². The first-order valence-electron chi connectivity index (χ1n) is 6.11. The lowest BCUT2D eigenvalue weighted by Crippen LogP contribution is -2.29. The van der Waals surface area contributed by atoms with Gasteiger partial charge < -0.3 is 10.4 Å². The average molecular weight is 256 g/mol. The summed E-state index contributed by atoms with van der Waals surface area (Å²) in [6, 6.07) is 7.47. The van der Waals surface area contributed by atoms with Gasteiger partial charge in [-0.2, -0.15) is 0 Å². The predicted molar refractivity (Wildman–Crippen MR) is 73.3 cm³/mol. The van der Waals surface area contributed by atoms with Crippen molar-refractivity contribution in [2.75, 3.05) is 13.1 Å².